The second-order valence-electron chi connectivity index (χ2n) is 3.98. The third-order valence-corrected chi connectivity index (χ3v) is 2.63. The van der Waals surface area contributed by atoms with Crippen molar-refractivity contribution in [2.24, 2.45) is 0 Å². The lowest BCUT2D eigenvalue weighted by Crippen LogP contribution is -2.14. The van der Waals surface area contributed by atoms with E-state index in [1.807, 2.05) is 6.92 Å². The zero-order chi connectivity index (χ0) is 13.8. The van der Waals surface area contributed by atoms with Gasteiger partial charge in [0.1, 0.15) is 11.4 Å². The summed E-state index contributed by atoms with van der Waals surface area (Å²) < 4.78 is 18.0. The lowest BCUT2D eigenvalue weighted by atomic mass is 10.2. The fourth-order valence-electron chi connectivity index (χ4n) is 1.62. The van der Waals surface area contributed by atoms with Gasteiger partial charge in [-0.3, -0.25) is 4.79 Å². The summed E-state index contributed by atoms with van der Waals surface area (Å²) in [5.74, 6) is -0.425. The zero-order valence-corrected chi connectivity index (χ0v) is 10.6. The number of aryl methyl sites for hydroxylation is 1. The summed E-state index contributed by atoms with van der Waals surface area (Å²) in [4.78, 5) is 15.4. The van der Waals surface area contributed by atoms with Gasteiger partial charge in [0.25, 0.3) is 5.91 Å². The van der Waals surface area contributed by atoms with Crippen LogP contribution in [-0.2, 0) is 0 Å². The smallest absolute Gasteiger partial charge is 0.274 e. The molecule has 0 saturated carbocycles. The Morgan fingerprint density at radius 3 is 2.74 bits per heavy atom. The van der Waals surface area contributed by atoms with Gasteiger partial charge in [-0.25, -0.2) is 4.98 Å². The summed E-state index contributed by atoms with van der Waals surface area (Å²) in [6, 6.07) is 9.35. The number of nitrogens with one attached hydrogen (secondary N) is 1. The van der Waals surface area contributed by atoms with Gasteiger partial charge >= 0.3 is 0 Å². The summed E-state index contributed by atoms with van der Waals surface area (Å²) in [7, 11) is 1.57. The maximum absolute atomic E-state index is 12.9. The molecule has 98 valence electrons. The third kappa shape index (κ3) is 3.07. The Balaban J connectivity index is 2.19. The van der Waals surface area contributed by atoms with E-state index < -0.39 is 11.9 Å². The molecule has 0 aliphatic heterocycles. The molecule has 2 aromatic rings. The Kier molecular flexibility index (Phi) is 3.75. The van der Waals surface area contributed by atoms with E-state index in [1.54, 1.807) is 25.3 Å². The highest BCUT2D eigenvalue weighted by Crippen LogP contribution is 2.21. The molecule has 0 bridgehead atoms. The first-order chi connectivity index (χ1) is 9.10. The van der Waals surface area contributed by atoms with Gasteiger partial charge in [0.05, 0.1) is 7.11 Å². The quantitative estimate of drug-likeness (QED) is 0.863. The van der Waals surface area contributed by atoms with Gasteiger partial charge in [0, 0.05) is 5.69 Å². The molecule has 1 N–H and O–H groups in total. The molecule has 0 atom stereocenters. The number of carbonyl (C=O) groups is 1. The highest BCUT2D eigenvalue weighted by atomic mass is 19.1. The van der Waals surface area contributed by atoms with Crippen molar-refractivity contribution in [1.82, 2.24) is 4.98 Å². The van der Waals surface area contributed by atoms with Crippen LogP contribution < -0.4 is 10.1 Å². The first kappa shape index (κ1) is 13.0. The second-order valence-corrected chi connectivity index (χ2v) is 3.98. The first-order valence-corrected chi connectivity index (χ1v) is 5.68. The van der Waals surface area contributed by atoms with E-state index in [2.05, 4.69) is 10.3 Å². The normalized spacial score (nSPS) is 10.1. The Bertz CT molecular complexity index is 614. The Hall–Kier alpha value is -2.43. The van der Waals surface area contributed by atoms with Crippen molar-refractivity contribution < 1.29 is 13.9 Å². The average molecular weight is 260 g/mol. The van der Waals surface area contributed by atoms with E-state index in [9.17, 15) is 9.18 Å². The standard InChI is InChI=1S/C14H13FN2O2/c1-9-8-10(19-2)6-7-11(9)17-14(18)12-4-3-5-13(15)16-12/h3-8H,1-2H3,(H,17,18). The molecular formula is C14H13FN2O2. The SMILES string of the molecule is COc1ccc(NC(=O)c2cccc(F)n2)c(C)c1. The molecule has 2 rings (SSSR count). The molecule has 0 aliphatic carbocycles. The van der Waals surface area contributed by atoms with Crippen LogP contribution in [0.2, 0.25) is 0 Å². The highest BCUT2D eigenvalue weighted by molar-refractivity contribution is 6.03. The molecule has 0 spiro atoms. The number of nitrogens with zero attached hydrogens (tertiary/aromatic N) is 1. The Morgan fingerprint density at radius 1 is 1.32 bits per heavy atom. The number of carbonyl (C=O) groups excluding carboxylic acids is 1. The molecule has 1 heterocycles. The third-order valence-electron chi connectivity index (χ3n) is 2.63. The van der Waals surface area contributed by atoms with Crippen molar-refractivity contribution in [3.63, 3.8) is 0 Å². The fraction of sp³-hybridized carbons (Fsp3) is 0.143. The monoisotopic (exact) mass is 260 g/mol. The molecule has 5 heteroatoms. The molecule has 4 nitrogen and oxygen atoms in total. The zero-order valence-electron chi connectivity index (χ0n) is 10.6. The van der Waals surface area contributed by atoms with E-state index in [4.69, 9.17) is 4.74 Å². The lowest BCUT2D eigenvalue weighted by Gasteiger charge is -2.09. The van der Waals surface area contributed by atoms with Crippen molar-refractivity contribution in [2.45, 2.75) is 6.92 Å². The Labute approximate surface area is 110 Å². The summed E-state index contributed by atoms with van der Waals surface area (Å²) in [6.07, 6.45) is 0. The molecule has 0 saturated heterocycles. The number of benzene rings is 1. The van der Waals surface area contributed by atoms with E-state index in [1.165, 1.54) is 18.2 Å². The van der Waals surface area contributed by atoms with E-state index in [0.29, 0.717) is 11.4 Å². The number of rotatable bonds is 3. The van der Waals surface area contributed by atoms with Crippen LogP contribution in [0.25, 0.3) is 0 Å². The van der Waals surface area contributed by atoms with Crippen molar-refractivity contribution in [1.29, 1.82) is 0 Å². The number of halogens is 1. The predicted molar refractivity (Wildman–Crippen MR) is 69.9 cm³/mol. The van der Waals surface area contributed by atoms with Crippen LogP contribution in [0.15, 0.2) is 36.4 Å². The second kappa shape index (κ2) is 5.48. The molecule has 1 amide bonds. The largest absolute Gasteiger partial charge is 0.497 e. The van der Waals surface area contributed by atoms with Crippen LogP contribution in [0.3, 0.4) is 0 Å². The van der Waals surface area contributed by atoms with Crippen LogP contribution >= 0.6 is 0 Å². The minimum atomic E-state index is -0.681. The van der Waals surface area contributed by atoms with Crippen LogP contribution in [0.4, 0.5) is 10.1 Å². The van der Waals surface area contributed by atoms with Crippen LogP contribution in [0.1, 0.15) is 16.1 Å². The minimum Gasteiger partial charge on any atom is -0.497 e. The van der Waals surface area contributed by atoms with Gasteiger partial charge in [-0.15, -0.1) is 0 Å². The molecule has 0 radical (unpaired) electrons. The van der Waals surface area contributed by atoms with Crippen LogP contribution in [0, 0.1) is 12.9 Å². The van der Waals surface area contributed by atoms with Gasteiger partial charge in [-0.05, 0) is 42.8 Å². The summed E-state index contributed by atoms with van der Waals surface area (Å²) in [5.41, 5.74) is 1.52. The van der Waals surface area contributed by atoms with Crippen molar-refractivity contribution in [2.75, 3.05) is 12.4 Å². The van der Waals surface area contributed by atoms with Crippen molar-refractivity contribution >= 4 is 11.6 Å². The van der Waals surface area contributed by atoms with Crippen molar-refractivity contribution in [3.8, 4) is 5.75 Å². The van der Waals surface area contributed by atoms with Gasteiger partial charge in [0.15, 0.2) is 0 Å². The van der Waals surface area contributed by atoms with Crippen molar-refractivity contribution in [3.05, 3.63) is 53.6 Å². The van der Waals surface area contributed by atoms with E-state index >= 15 is 0 Å². The fourth-order valence-corrected chi connectivity index (χ4v) is 1.62. The number of ether oxygens (including phenoxy) is 1. The number of anilines is 1. The molecule has 0 unspecified atom stereocenters. The van der Waals surface area contributed by atoms with E-state index in [-0.39, 0.29) is 5.69 Å². The van der Waals surface area contributed by atoms with E-state index in [0.717, 1.165) is 5.56 Å². The van der Waals surface area contributed by atoms with Gasteiger partial charge in [-0.2, -0.15) is 4.39 Å². The lowest BCUT2D eigenvalue weighted by molar-refractivity contribution is 0.102. The summed E-state index contributed by atoms with van der Waals surface area (Å²) >= 11 is 0. The van der Waals surface area contributed by atoms with Gasteiger partial charge < -0.3 is 10.1 Å². The van der Waals surface area contributed by atoms with Crippen LogP contribution in [0.5, 0.6) is 5.75 Å². The van der Waals surface area contributed by atoms with Gasteiger partial charge in [0.2, 0.25) is 5.95 Å². The molecule has 1 aromatic heterocycles. The predicted octanol–water partition coefficient (Wildman–Crippen LogP) is 2.79. The number of methoxy groups -OCH3 is 1. The average Bonchev–Trinajstić information content (AvgIpc) is 2.41. The molecule has 0 aliphatic rings. The minimum absolute atomic E-state index is 0.0372. The number of amides is 1. The summed E-state index contributed by atoms with van der Waals surface area (Å²) in [6.45, 7) is 1.84. The molecular weight excluding hydrogens is 247 g/mol. The maximum atomic E-state index is 12.9. The maximum Gasteiger partial charge on any atom is 0.274 e. The van der Waals surface area contributed by atoms with Gasteiger partial charge in [-0.1, -0.05) is 6.07 Å². The Morgan fingerprint density at radius 2 is 2.11 bits per heavy atom. The summed E-state index contributed by atoms with van der Waals surface area (Å²) in [5, 5.41) is 2.68. The first-order valence-electron chi connectivity index (χ1n) is 5.68. The number of aromatic nitrogens is 1. The number of hydrogen-bond donors (Lipinski definition) is 1. The highest BCUT2D eigenvalue weighted by Gasteiger charge is 2.10. The molecule has 0 fully saturated rings. The topological polar surface area (TPSA) is 51.2 Å². The molecule has 19 heavy (non-hydrogen) atoms. The molecule has 1 aromatic carbocycles. The van der Waals surface area contributed by atoms with Crippen LogP contribution in [-0.4, -0.2) is 18.0 Å². The number of pyridine rings is 1. The number of hydrogen-bond acceptors (Lipinski definition) is 3.